The molecule has 146 valence electrons. The van der Waals surface area contributed by atoms with Crippen molar-refractivity contribution in [3.8, 4) is 0 Å². The number of hydrogen-bond donors (Lipinski definition) is 3. The SMILES string of the molecule is CCCC(O)CC=CC(O)CCCC(=O)OCCCCCNC(C)=O. The molecule has 0 spiro atoms. The van der Waals surface area contributed by atoms with E-state index in [9.17, 15) is 19.8 Å². The maximum absolute atomic E-state index is 11.6. The monoisotopic (exact) mass is 357 g/mol. The van der Waals surface area contributed by atoms with Gasteiger partial charge in [-0.15, -0.1) is 0 Å². The van der Waals surface area contributed by atoms with Gasteiger partial charge >= 0.3 is 5.97 Å². The summed E-state index contributed by atoms with van der Waals surface area (Å²) in [4.78, 5) is 22.2. The van der Waals surface area contributed by atoms with E-state index < -0.39 is 6.10 Å². The summed E-state index contributed by atoms with van der Waals surface area (Å²) in [7, 11) is 0. The predicted octanol–water partition coefficient (Wildman–Crippen LogP) is 2.47. The summed E-state index contributed by atoms with van der Waals surface area (Å²) in [5.74, 6) is -0.267. The van der Waals surface area contributed by atoms with Gasteiger partial charge in [0.1, 0.15) is 0 Å². The molecule has 0 aliphatic heterocycles. The number of rotatable bonds is 15. The van der Waals surface area contributed by atoms with Crippen molar-refractivity contribution < 1.29 is 24.5 Å². The normalized spacial score (nSPS) is 13.6. The Morgan fingerprint density at radius 3 is 2.56 bits per heavy atom. The van der Waals surface area contributed by atoms with Crippen LogP contribution in [0.15, 0.2) is 12.2 Å². The maximum atomic E-state index is 11.6. The molecule has 0 aromatic rings. The van der Waals surface area contributed by atoms with Crippen molar-refractivity contribution in [3.63, 3.8) is 0 Å². The van der Waals surface area contributed by atoms with Gasteiger partial charge < -0.3 is 20.3 Å². The first-order valence-electron chi connectivity index (χ1n) is 9.38. The minimum Gasteiger partial charge on any atom is -0.466 e. The molecule has 6 heteroatoms. The molecule has 0 rings (SSSR count). The van der Waals surface area contributed by atoms with Crippen LogP contribution in [0.2, 0.25) is 0 Å². The van der Waals surface area contributed by atoms with Crippen LogP contribution in [0.3, 0.4) is 0 Å². The number of carbonyl (C=O) groups is 2. The first-order valence-corrected chi connectivity index (χ1v) is 9.38. The smallest absolute Gasteiger partial charge is 0.305 e. The number of ether oxygens (including phenoxy) is 1. The minimum absolute atomic E-state index is 0.0272. The Labute approximate surface area is 151 Å². The molecular weight excluding hydrogens is 322 g/mol. The number of aliphatic hydroxyl groups excluding tert-OH is 2. The Hall–Kier alpha value is -1.40. The number of nitrogens with one attached hydrogen (secondary N) is 1. The minimum atomic E-state index is -0.588. The van der Waals surface area contributed by atoms with Gasteiger partial charge in [-0.25, -0.2) is 0 Å². The fourth-order valence-corrected chi connectivity index (χ4v) is 2.32. The second-order valence-electron chi connectivity index (χ2n) is 6.33. The molecular formula is C19H35NO5. The van der Waals surface area contributed by atoms with Gasteiger partial charge in [0.25, 0.3) is 0 Å². The molecule has 2 unspecified atom stereocenters. The average molecular weight is 357 g/mol. The highest BCUT2D eigenvalue weighted by molar-refractivity contribution is 5.72. The number of unbranched alkanes of at least 4 members (excludes halogenated alkanes) is 2. The lowest BCUT2D eigenvalue weighted by Crippen LogP contribution is -2.20. The second-order valence-corrected chi connectivity index (χ2v) is 6.33. The molecule has 6 nitrogen and oxygen atoms in total. The molecule has 2 atom stereocenters. The standard InChI is InChI=1S/C19H35NO5/c1-3-9-17(22)10-7-11-18(23)12-8-13-19(24)25-15-6-4-5-14-20-16(2)21/h7,11,17-18,22-23H,3-6,8-10,12-15H2,1-2H3,(H,20,21). The van der Waals surface area contributed by atoms with Crippen LogP contribution in [0.1, 0.15) is 71.6 Å². The van der Waals surface area contributed by atoms with E-state index in [1.165, 1.54) is 6.92 Å². The molecule has 0 radical (unpaired) electrons. The summed E-state index contributed by atoms with van der Waals surface area (Å²) >= 11 is 0. The Balaban J connectivity index is 3.53. The van der Waals surface area contributed by atoms with E-state index in [-0.39, 0.29) is 18.0 Å². The van der Waals surface area contributed by atoms with Crippen molar-refractivity contribution in [2.45, 2.75) is 83.8 Å². The molecule has 0 saturated carbocycles. The maximum Gasteiger partial charge on any atom is 0.305 e. The van der Waals surface area contributed by atoms with Gasteiger partial charge in [-0.3, -0.25) is 9.59 Å². The van der Waals surface area contributed by atoms with E-state index in [0.717, 1.165) is 32.1 Å². The van der Waals surface area contributed by atoms with Gasteiger partial charge in [0, 0.05) is 19.9 Å². The molecule has 0 aliphatic rings. The number of carbonyl (C=O) groups excluding carboxylic acids is 2. The Kier molecular flexibility index (Phi) is 15.2. The molecule has 0 aliphatic carbocycles. The summed E-state index contributed by atoms with van der Waals surface area (Å²) < 4.78 is 5.13. The van der Waals surface area contributed by atoms with E-state index in [2.05, 4.69) is 5.32 Å². The van der Waals surface area contributed by atoms with Gasteiger partial charge in [0.2, 0.25) is 5.91 Å². The zero-order chi connectivity index (χ0) is 18.9. The zero-order valence-corrected chi connectivity index (χ0v) is 15.7. The first kappa shape index (κ1) is 23.6. The van der Waals surface area contributed by atoms with Crippen LogP contribution in [-0.2, 0) is 14.3 Å². The van der Waals surface area contributed by atoms with Gasteiger partial charge in [-0.2, -0.15) is 0 Å². The topological polar surface area (TPSA) is 95.9 Å². The third-order valence-corrected chi connectivity index (χ3v) is 3.73. The highest BCUT2D eigenvalue weighted by Gasteiger charge is 2.06. The summed E-state index contributed by atoms with van der Waals surface area (Å²) in [5, 5.41) is 22.1. The van der Waals surface area contributed by atoms with Crippen LogP contribution in [0.4, 0.5) is 0 Å². The van der Waals surface area contributed by atoms with E-state index in [1.807, 2.05) is 6.92 Å². The third-order valence-electron chi connectivity index (χ3n) is 3.73. The van der Waals surface area contributed by atoms with Crippen LogP contribution in [0, 0.1) is 0 Å². The van der Waals surface area contributed by atoms with Crippen molar-refractivity contribution in [1.82, 2.24) is 5.32 Å². The van der Waals surface area contributed by atoms with Crippen LogP contribution < -0.4 is 5.32 Å². The lowest BCUT2D eigenvalue weighted by Gasteiger charge is -2.08. The second kappa shape index (κ2) is 16.1. The largest absolute Gasteiger partial charge is 0.466 e. The lowest BCUT2D eigenvalue weighted by molar-refractivity contribution is -0.144. The van der Waals surface area contributed by atoms with Crippen molar-refractivity contribution in [2.24, 2.45) is 0 Å². The fraction of sp³-hybridized carbons (Fsp3) is 0.789. The van der Waals surface area contributed by atoms with E-state index >= 15 is 0 Å². The molecule has 0 aromatic heterocycles. The van der Waals surface area contributed by atoms with Crippen LogP contribution >= 0.6 is 0 Å². The average Bonchev–Trinajstić information content (AvgIpc) is 2.54. The van der Waals surface area contributed by atoms with Gasteiger partial charge in [-0.05, 0) is 44.9 Å². The Morgan fingerprint density at radius 2 is 1.88 bits per heavy atom. The predicted molar refractivity (Wildman–Crippen MR) is 98.0 cm³/mol. The number of hydrogen-bond acceptors (Lipinski definition) is 5. The molecule has 0 fully saturated rings. The van der Waals surface area contributed by atoms with Crippen LogP contribution in [0.5, 0.6) is 0 Å². The van der Waals surface area contributed by atoms with E-state index in [4.69, 9.17) is 4.74 Å². The highest BCUT2D eigenvalue weighted by Crippen LogP contribution is 2.07. The van der Waals surface area contributed by atoms with E-state index in [1.54, 1.807) is 12.2 Å². The van der Waals surface area contributed by atoms with Crippen LogP contribution in [0.25, 0.3) is 0 Å². The summed E-state index contributed by atoms with van der Waals surface area (Å²) in [6.07, 6.45) is 8.75. The van der Waals surface area contributed by atoms with Gasteiger partial charge in [-0.1, -0.05) is 25.5 Å². The Morgan fingerprint density at radius 1 is 1.12 bits per heavy atom. The van der Waals surface area contributed by atoms with Gasteiger partial charge in [0.05, 0.1) is 18.8 Å². The number of amides is 1. The van der Waals surface area contributed by atoms with Crippen molar-refractivity contribution in [1.29, 1.82) is 0 Å². The van der Waals surface area contributed by atoms with Gasteiger partial charge in [0.15, 0.2) is 0 Å². The van der Waals surface area contributed by atoms with E-state index in [0.29, 0.717) is 38.8 Å². The summed E-state index contributed by atoms with van der Waals surface area (Å²) in [6.45, 7) is 4.57. The summed E-state index contributed by atoms with van der Waals surface area (Å²) in [5.41, 5.74) is 0. The zero-order valence-electron chi connectivity index (χ0n) is 15.7. The molecule has 25 heavy (non-hydrogen) atoms. The molecule has 0 aromatic carbocycles. The number of aliphatic hydroxyl groups is 2. The number of esters is 1. The quantitative estimate of drug-likeness (QED) is 0.238. The van der Waals surface area contributed by atoms with Crippen molar-refractivity contribution in [2.75, 3.05) is 13.2 Å². The third kappa shape index (κ3) is 17.2. The lowest BCUT2D eigenvalue weighted by atomic mass is 10.1. The molecule has 1 amide bonds. The van der Waals surface area contributed by atoms with Crippen molar-refractivity contribution in [3.05, 3.63) is 12.2 Å². The Bertz CT molecular complexity index is 384. The molecule has 0 heterocycles. The first-order chi connectivity index (χ1) is 12.0. The molecule has 0 bridgehead atoms. The summed E-state index contributed by atoms with van der Waals surface area (Å²) in [6, 6.07) is 0. The van der Waals surface area contributed by atoms with Crippen molar-refractivity contribution >= 4 is 11.9 Å². The van der Waals surface area contributed by atoms with Crippen LogP contribution in [-0.4, -0.2) is 47.4 Å². The molecule has 0 saturated heterocycles. The highest BCUT2D eigenvalue weighted by atomic mass is 16.5. The fourth-order valence-electron chi connectivity index (χ4n) is 2.32. The molecule has 3 N–H and O–H groups in total.